The van der Waals surface area contributed by atoms with Crippen LogP contribution in [0, 0.1) is 0 Å². The molecule has 1 aliphatic heterocycles. The van der Waals surface area contributed by atoms with Gasteiger partial charge >= 0.3 is 0 Å². The average Bonchev–Trinajstić information content (AvgIpc) is 2.94. The lowest BCUT2D eigenvalue weighted by Crippen LogP contribution is -2.46. The molecule has 1 aromatic carbocycles. The number of aromatic nitrogens is 3. The summed E-state index contributed by atoms with van der Waals surface area (Å²) < 4.78 is 2.21. The lowest BCUT2D eigenvalue weighted by atomic mass is 10.1. The Morgan fingerprint density at radius 3 is 2.57 bits per heavy atom. The minimum absolute atomic E-state index is 0.0932. The maximum atomic E-state index is 4.93. The number of imidazole rings is 1. The molecule has 3 heterocycles. The third kappa shape index (κ3) is 2.62. The van der Waals surface area contributed by atoms with E-state index in [1.807, 2.05) is 18.3 Å². The summed E-state index contributed by atoms with van der Waals surface area (Å²) >= 11 is 0. The zero-order chi connectivity index (χ0) is 15.6. The molecule has 0 bridgehead atoms. The van der Waals surface area contributed by atoms with Crippen LogP contribution in [0.3, 0.4) is 0 Å². The van der Waals surface area contributed by atoms with Gasteiger partial charge < -0.3 is 9.88 Å². The van der Waals surface area contributed by atoms with Gasteiger partial charge in [-0.25, -0.2) is 4.98 Å². The van der Waals surface area contributed by atoms with E-state index in [4.69, 9.17) is 4.98 Å². The van der Waals surface area contributed by atoms with Crippen molar-refractivity contribution >= 4 is 11.0 Å². The first-order chi connectivity index (χ1) is 11.3. The van der Waals surface area contributed by atoms with Gasteiger partial charge in [-0.15, -0.1) is 0 Å². The molecule has 0 saturated carbocycles. The van der Waals surface area contributed by atoms with Crippen LogP contribution in [-0.2, 0) is 7.05 Å². The lowest BCUT2D eigenvalue weighted by molar-refractivity contribution is 0.187. The summed E-state index contributed by atoms with van der Waals surface area (Å²) in [6, 6.07) is 14.5. The smallest absolute Gasteiger partial charge is 0.133 e. The van der Waals surface area contributed by atoms with Crippen LogP contribution in [0.15, 0.2) is 48.7 Å². The van der Waals surface area contributed by atoms with Crippen LogP contribution < -0.4 is 5.32 Å². The Hall–Kier alpha value is -2.24. The van der Waals surface area contributed by atoms with E-state index in [-0.39, 0.29) is 6.04 Å². The predicted molar refractivity (Wildman–Crippen MR) is 91.2 cm³/mol. The molecule has 23 heavy (non-hydrogen) atoms. The number of aryl methyl sites for hydroxylation is 1. The summed E-state index contributed by atoms with van der Waals surface area (Å²) in [4.78, 5) is 12.0. The predicted octanol–water partition coefficient (Wildman–Crippen LogP) is 1.96. The summed E-state index contributed by atoms with van der Waals surface area (Å²) in [7, 11) is 2.10. The molecule has 118 valence electrons. The maximum absolute atomic E-state index is 4.93. The highest BCUT2D eigenvalue weighted by Crippen LogP contribution is 2.29. The largest absolute Gasteiger partial charge is 0.329 e. The number of piperazine rings is 1. The van der Waals surface area contributed by atoms with Gasteiger partial charge in [-0.2, -0.15) is 0 Å². The fourth-order valence-corrected chi connectivity index (χ4v) is 3.37. The molecule has 1 aliphatic rings. The number of para-hydroxylation sites is 2. The molecule has 5 heteroatoms. The van der Waals surface area contributed by atoms with E-state index in [9.17, 15) is 0 Å². The molecule has 1 unspecified atom stereocenters. The Morgan fingerprint density at radius 2 is 1.83 bits per heavy atom. The van der Waals surface area contributed by atoms with E-state index in [0.29, 0.717) is 0 Å². The highest BCUT2D eigenvalue weighted by atomic mass is 15.3. The van der Waals surface area contributed by atoms with Crippen LogP contribution in [0.2, 0.25) is 0 Å². The molecule has 0 spiro atoms. The van der Waals surface area contributed by atoms with Crippen molar-refractivity contribution in [3.8, 4) is 0 Å². The number of pyridine rings is 1. The van der Waals surface area contributed by atoms with Crippen molar-refractivity contribution in [1.29, 1.82) is 0 Å². The van der Waals surface area contributed by atoms with E-state index >= 15 is 0 Å². The van der Waals surface area contributed by atoms with Crippen LogP contribution in [0.25, 0.3) is 11.0 Å². The monoisotopic (exact) mass is 307 g/mol. The molecule has 1 fully saturated rings. The van der Waals surface area contributed by atoms with Crippen LogP contribution in [0.5, 0.6) is 0 Å². The van der Waals surface area contributed by atoms with Crippen molar-refractivity contribution in [3.63, 3.8) is 0 Å². The van der Waals surface area contributed by atoms with Gasteiger partial charge in [0.25, 0.3) is 0 Å². The van der Waals surface area contributed by atoms with Crippen molar-refractivity contribution in [3.05, 3.63) is 60.2 Å². The summed E-state index contributed by atoms with van der Waals surface area (Å²) in [6.45, 7) is 4.02. The summed E-state index contributed by atoms with van der Waals surface area (Å²) in [5, 5.41) is 3.42. The number of hydrogen-bond acceptors (Lipinski definition) is 4. The molecular formula is C18H21N5. The van der Waals surface area contributed by atoms with Gasteiger partial charge in [-0.1, -0.05) is 18.2 Å². The molecule has 0 aliphatic carbocycles. The SMILES string of the molecule is Cn1c(C(c2ccccn2)N2CCNCC2)nc2ccccc21. The normalized spacial score (nSPS) is 17.4. The molecule has 3 aromatic rings. The fraction of sp³-hybridized carbons (Fsp3) is 0.333. The molecule has 0 amide bonds. The van der Waals surface area contributed by atoms with Gasteiger partial charge in [0.05, 0.1) is 16.7 Å². The molecule has 1 saturated heterocycles. The van der Waals surface area contributed by atoms with Crippen LogP contribution in [0.4, 0.5) is 0 Å². The first-order valence-corrected chi connectivity index (χ1v) is 8.11. The van der Waals surface area contributed by atoms with Crippen molar-refractivity contribution in [2.45, 2.75) is 6.04 Å². The first kappa shape index (κ1) is 14.4. The first-order valence-electron chi connectivity index (χ1n) is 8.11. The standard InChI is InChI=1S/C18H21N5/c1-22-16-8-3-2-6-14(16)21-18(22)17(15-7-4-5-9-20-15)23-12-10-19-11-13-23/h2-9,17,19H,10-13H2,1H3. The van der Waals surface area contributed by atoms with Gasteiger partial charge in [-0.05, 0) is 24.3 Å². The van der Waals surface area contributed by atoms with Crippen molar-refractivity contribution in [2.24, 2.45) is 7.05 Å². The highest BCUT2D eigenvalue weighted by Gasteiger charge is 2.28. The van der Waals surface area contributed by atoms with E-state index < -0.39 is 0 Å². The number of fused-ring (bicyclic) bond motifs is 1. The minimum Gasteiger partial charge on any atom is -0.329 e. The minimum atomic E-state index is 0.0932. The second-order valence-electron chi connectivity index (χ2n) is 5.96. The van der Waals surface area contributed by atoms with Gasteiger partial charge in [0.1, 0.15) is 11.9 Å². The topological polar surface area (TPSA) is 46.0 Å². The summed E-state index contributed by atoms with van der Waals surface area (Å²) in [5.74, 6) is 1.06. The van der Waals surface area contributed by atoms with Gasteiger partial charge in [0.2, 0.25) is 0 Å². The quantitative estimate of drug-likeness (QED) is 0.803. The molecule has 2 aromatic heterocycles. The molecule has 5 nitrogen and oxygen atoms in total. The molecule has 4 rings (SSSR count). The Labute approximate surface area is 136 Å². The van der Waals surface area contributed by atoms with Gasteiger partial charge in [0, 0.05) is 39.4 Å². The Kier molecular flexibility index (Phi) is 3.81. The van der Waals surface area contributed by atoms with Gasteiger partial charge in [0.15, 0.2) is 0 Å². The number of nitrogens with zero attached hydrogens (tertiary/aromatic N) is 4. The average molecular weight is 307 g/mol. The van der Waals surface area contributed by atoms with Crippen molar-refractivity contribution < 1.29 is 0 Å². The Balaban J connectivity index is 1.84. The van der Waals surface area contributed by atoms with E-state index in [0.717, 1.165) is 43.2 Å². The maximum Gasteiger partial charge on any atom is 0.133 e. The number of hydrogen-bond donors (Lipinski definition) is 1. The Morgan fingerprint density at radius 1 is 1.04 bits per heavy atom. The number of nitrogens with one attached hydrogen (secondary N) is 1. The molecule has 0 radical (unpaired) electrons. The highest BCUT2D eigenvalue weighted by molar-refractivity contribution is 5.76. The van der Waals surface area contributed by atoms with Crippen molar-refractivity contribution in [1.82, 2.24) is 24.8 Å². The summed E-state index contributed by atoms with van der Waals surface area (Å²) in [6.07, 6.45) is 1.87. The van der Waals surface area contributed by atoms with E-state index in [2.05, 4.69) is 57.1 Å². The second kappa shape index (κ2) is 6.10. The number of rotatable bonds is 3. The van der Waals surface area contributed by atoms with E-state index in [1.165, 1.54) is 5.52 Å². The second-order valence-corrected chi connectivity index (χ2v) is 5.96. The zero-order valence-electron chi connectivity index (χ0n) is 13.3. The number of benzene rings is 1. The van der Waals surface area contributed by atoms with Crippen LogP contribution in [0.1, 0.15) is 17.6 Å². The Bertz CT molecular complexity index is 790. The lowest BCUT2D eigenvalue weighted by Gasteiger charge is -2.34. The third-order valence-corrected chi connectivity index (χ3v) is 4.55. The zero-order valence-corrected chi connectivity index (χ0v) is 13.3. The van der Waals surface area contributed by atoms with Crippen LogP contribution >= 0.6 is 0 Å². The molecule has 1 atom stereocenters. The van der Waals surface area contributed by atoms with Gasteiger partial charge in [-0.3, -0.25) is 9.88 Å². The molecular weight excluding hydrogens is 286 g/mol. The fourth-order valence-electron chi connectivity index (χ4n) is 3.37. The van der Waals surface area contributed by atoms with Crippen molar-refractivity contribution in [2.75, 3.05) is 26.2 Å². The van der Waals surface area contributed by atoms with Crippen LogP contribution in [-0.4, -0.2) is 45.6 Å². The summed E-state index contributed by atoms with van der Waals surface area (Å²) in [5.41, 5.74) is 3.27. The van der Waals surface area contributed by atoms with E-state index in [1.54, 1.807) is 0 Å². The third-order valence-electron chi connectivity index (χ3n) is 4.55. The molecule has 1 N–H and O–H groups in total.